The van der Waals surface area contributed by atoms with Gasteiger partial charge >= 0.3 is 0 Å². The molecule has 1 aromatic carbocycles. The molecule has 0 saturated carbocycles. The van der Waals surface area contributed by atoms with Crippen LogP contribution in [0.4, 0.5) is 0 Å². The van der Waals surface area contributed by atoms with E-state index in [1.54, 1.807) is 13.0 Å². The van der Waals surface area contributed by atoms with E-state index in [4.69, 9.17) is 0 Å². The van der Waals surface area contributed by atoms with Crippen LogP contribution in [0.5, 0.6) is 0 Å². The first-order valence-corrected chi connectivity index (χ1v) is 7.34. The number of rotatable bonds is 7. The van der Waals surface area contributed by atoms with Gasteiger partial charge in [0.2, 0.25) is 0 Å². The molecule has 2 nitrogen and oxygen atoms in total. The van der Waals surface area contributed by atoms with Gasteiger partial charge in [-0.15, -0.1) is 0 Å². The number of Topliss-reactive ketones (excluding diaryl/α,β-unsaturated/α-hetero) is 1. The largest absolute Gasteiger partial charge is 0.295 e. The summed E-state index contributed by atoms with van der Waals surface area (Å²) in [6.07, 6.45) is 3.49. The highest BCUT2D eigenvalue weighted by Crippen LogP contribution is 2.21. The molecule has 0 fully saturated rings. The Balaban J connectivity index is 3.04. The number of benzene rings is 1. The summed E-state index contributed by atoms with van der Waals surface area (Å²) in [7, 11) is 0. The average molecular weight is 284 g/mol. The van der Waals surface area contributed by atoms with Crippen LogP contribution in [-0.4, -0.2) is 11.6 Å². The lowest BCUT2D eigenvalue weighted by Crippen LogP contribution is -2.04. The lowest BCUT2D eigenvalue weighted by Gasteiger charge is -2.09. The van der Waals surface area contributed by atoms with Gasteiger partial charge in [-0.25, -0.2) is 0 Å². The van der Waals surface area contributed by atoms with E-state index in [0.29, 0.717) is 18.4 Å². The molecule has 112 valence electrons. The molecule has 0 atom stereocenters. The Hall–Kier alpha value is -1.96. The molecule has 0 aliphatic rings. The zero-order valence-electron chi connectivity index (χ0n) is 13.5. The summed E-state index contributed by atoms with van der Waals surface area (Å²) < 4.78 is 0. The van der Waals surface area contributed by atoms with Crippen LogP contribution in [0, 0.1) is 6.92 Å². The zero-order valence-corrected chi connectivity index (χ0v) is 13.5. The predicted octanol–water partition coefficient (Wildman–Crippen LogP) is 4.46. The Morgan fingerprint density at radius 1 is 1.24 bits per heavy atom. The SMILES string of the molecule is C=C(C)C(=O)Cc1ccc(C)c(/C(C)=C\C(=O)CCC)c1. The topological polar surface area (TPSA) is 34.1 Å². The van der Waals surface area contributed by atoms with Crippen molar-refractivity contribution in [1.82, 2.24) is 0 Å². The van der Waals surface area contributed by atoms with Crippen LogP contribution < -0.4 is 0 Å². The van der Waals surface area contributed by atoms with E-state index in [9.17, 15) is 9.59 Å². The molecule has 0 aliphatic heterocycles. The van der Waals surface area contributed by atoms with Gasteiger partial charge < -0.3 is 0 Å². The Morgan fingerprint density at radius 3 is 2.48 bits per heavy atom. The average Bonchev–Trinajstić information content (AvgIpc) is 2.40. The maximum absolute atomic E-state index is 11.8. The van der Waals surface area contributed by atoms with Gasteiger partial charge in [0.1, 0.15) is 0 Å². The normalized spacial score (nSPS) is 11.3. The third-order valence-corrected chi connectivity index (χ3v) is 3.44. The Kier molecular flexibility index (Phi) is 6.29. The third-order valence-electron chi connectivity index (χ3n) is 3.44. The summed E-state index contributed by atoms with van der Waals surface area (Å²) in [6, 6.07) is 5.96. The van der Waals surface area contributed by atoms with Crippen molar-refractivity contribution in [1.29, 1.82) is 0 Å². The van der Waals surface area contributed by atoms with Gasteiger partial charge in [-0.3, -0.25) is 9.59 Å². The molecule has 2 heteroatoms. The van der Waals surface area contributed by atoms with E-state index in [1.165, 1.54) is 0 Å². The second kappa shape index (κ2) is 7.72. The van der Waals surface area contributed by atoms with Crippen LogP contribution in [0.15, 0.2) is 36.4 Å². The minimum absolute atomic E-state index is 0.0495. The maximum Gasteiger partial charge on any atom is 0.162 e. The quantitative estimate of drug-likeness (QED) is 0.693. The van der Waals surface area contributed by atoms with Gasteiger partial charge in [0, 0.05) is 12.8 Å². The number of carbonyl (C=O) groups is 2. The number of allylic oxidation sites excluding steroid dienone is 3. The lowest BCUT2D eigenvalue weighted by molar-refractivity contribution is -0.115. The summed E-state index contributed by atoms with van der Waals surface area (Å²) >= 11 is 0. The van der Waals surface area contributed by atoms with Gasteiger partial charge in [-0.2, -0.15) is 0 Å². The maximum atomic E-state index is 11.8. The van der Waals surface area contributed by atoms with Crippen molar-refractivity contribution in [2.75, 3.05) is 0 Å². The first kappa shape index (κ1) is 17.1. The van der Waals surface area contributed by atoms with Crippen molar-refractivity contribution in [3.63, 3.8) is 0 Å². The summed E-state index contributed by atoms with van der Waals surface area (Å²) in [5.74, 6) is 0.200. The molecule has 0 aliphatic carbocycles. The highest BCUT2D eigenvalue weighted by Gasteiger charge is 2.08. The molecule has 0 amide bonds. The minimum Gasteiger partial charge on any atom is -0.295 e. The van der Waals surface area contributed by atoms with E-state index < -0.39 is 0 Å². The van der Waals surface area contributed by atoms with E-state index >= 15 is 0 Å². The fraction of sp³-hybridized carbons (Fsp3) is 0.368. The number of aryl methyl sites for hydroxylation is 1. The smallest absolute Gasteiger partial charge is 0.162 e. The monoisotopic (exact) mass is 284 g/mol. The second-order valence-electron chi connectivity index (χ2n) is 5.57. The molecule has 0 radical (unpaired) electrons. The van der Waals surface area contributed by atoms with Crippen molar-refractivity contribution in [3.8, 4) is 0 Å². The van der Waals surface area contributed by atoms with Crippen LogP contribution in [0.1, 0.15) is 50.3 Å². The highest BCUT2D eigenvalue weighted by atomic mass is 16.1. The van der Waals surface area contributed by atoms with E-state index in [2.05, 4.69) is 6.58 Å². The molecule has 0 aromatic heterocycles. The predicted molar refractivity (Wildman–Crippen MR) is 88.3 cm³/mol. The molecular weight excluding hydrogens is 260 g/mol. The molecule has 0 spiro atoms. The fourth-order valence-corrected chi connectivity index (χ4v) is 2.18. The van der Waals surface area contributed by atoms with Crippen molar-refractivity contribution in [2.45, 2.75) is 47.0 Å². The molecule has 0 bridgehead atoms. The van der Waals surface area contributed by atoms with E-state index in [1.807, 2.05) is 39.0 Å². The van der Waals surface area contributed by atoms with Gasteiger partial charge in [0.15, 0.2) is 11.6 Å². The fourth-order valence-electron chi connectivity index (χ4n) is 2.18. The number of ketones is 2. The van der Waals surface area contributed by atoms with E-state index in [-0.39, 0.29) is 11.6 Å². The standard InChI is InChI=1S/C19H24O2/c1-6-7-17(20)10-15(5)18-11-16(9-8-14(18)4)12-19(21)13(2)3/h8-11H,2,6-7,12H2,1,3-5H3/b15-10-. The minimum atomic E-state index is 0.0495. The molecule has 0 saturated heterocycles. The second-order valence-corrected chi connectivity index (χ2v) is 5.57. The molecule has 0 N–H and O–H groups in total. The molecule has 21 heavy (non-hydrogen) atoms. The molecular formula is C19H24O2. The van der Waals surface area contributed by atoms with Crippen LogP contribution in [0.2, 0.25) is 0 Å². The van der Waals surface area contributed by atoms with Gasteiger partial charge in [0.25, 0.3) is 0 Å². The lowest BCUT2D eigenvalue weighted by atomic mass is 9.95. The van der Waals surface area contributed by atoms with Gasteiger partial charge in [-0.1, -0.05) is 31.7 Å². The van der Waals surface area contributed by atoms with Crippen LogP contribution in [0.3, 0.4) is 0 Å². The van der Waals surface area contributed by atoms with Crippen molar-refractivity contribution < 1.29 is 9.59 Å². The van der Waals surface area contributed by atoms with Crippen LogP contribution >= 0.6 is 0 Å². The first-order chi connectivity index (χ1) is 9.85. The highest BCUT2D eigenvalue weighted by molar-refractivity contribution is 5.97. The Labute approximate surface area is 127 Å². The number of hydrogen-bond donors (Lipinski definition) is 0. The Morgan fingerprint density at radius 2 is 1.90 bits per heavy atom. The number of hydrogen-bond acceptors (Lipinski definition) is 2. The van der Waals surface area contributed by atoms with Crippen LogP contribution in [0.25, 0.3) is 5.57 Å². The summed E-state index contributed by atoms with van der Waals surface area (Å²) in [4.78, 5) is 23.5. The van der Waals surface area contributed by atoms with Crippen molar-refractivity contribution >= 4 is 17.1 Å². The van der Waals surface area contributed by atoms with Gasteiger partial charge in [0.05, 0.1) is 0 Å². The van der Waals surface area contributed by atoms with Crippen molar-refractivity contribution in [3.05, 3.63) is 53.1 Å². The van der Waals surface area contributed by atoms with Crippen molar-refractivity contribution in [2.24, 2.45) is 0 Å². The summed E-state index contributed by atoms with van der Waals surface area (Å²) in [5, 5.41) is 0. The zero-order chi connectivity index (χ0) is 16.0. The van der Waals surface area contributed by atoms with Crippen LogP contribution in [-0.2, 0) is 16.0 Å². The van der Waals surface area contributed by atoms with E-state index in [0.717, 1.165) is 28.7 Å². The molecule has 0 unspecified atom stereocenters. The summed E-state index contributed by atoms with van der Waals surface area (Å²) in [5.41, 5.74) is 4.63. The third kappa shape index (κ3) is 5.14. The number of carbonyl (C=O) groups excluding carboxylic acids is 2. The van der Waals surface area contributed by atoms with Gasteiger partial charge in [-0.05, 0) is 61.1 Å². The summed E-state index contributed by atoms with van der Waals surface area (Å²) in [6.45, 7) is 11.4. The molecule has 1 rings (SSSR count). The first-order valence-electron chi connectivity index (χ1n) is 7.34. The molecule has 1 aromatic rings. The Bertz CT molecular complexity index is 592. The molecule has 0 heterocycles.